The Hall–Kier alpha value is -2.11. The molecule has 2 N–H and O–H groups in total. The third kappa shape index (κ3) is 6.22. The van der Waals surface area contributed by atoms with Crippen molar-refractivity contribution in [2.45, 2.75) is 64.7 Å². The van der Waals surface area contributed by atoms with Crippen molar-refractivity contribution >= 4 is 11.6 Å². The fourth-order valence-electron chi connectivity index (χ4n) is 3.90. The van der Waals surface area contributed by atoms with Gasteiger partial charge in [0.15, 0.2) is 11.6 Å². The molecule has 0 atom stereocenters. The van der Waals surface area contributed by atoms with Crippen molar-refractivity contribution in [2.24, 2.45) is 10.9 Å². The summed E-state index contributed by atoms with van der Waals surface area (Å²) in [6.07, 6.45) is 13.6. The van der Waals surface area contributed by atoms with Crippen LogP contribution in [0.2, 0.25) is 0 Å². The van der Waals surface area contributed by atoms with Gasteiger partial charge in [-0.15, -0.1) is 10.2 Å². The first-order valence-electron chi connectivity index (χ1n) is 10.7. The van der Waals surface area contributed by atoms with Gasteiger partial charge in [-0.1, -0.05) is 38.2 Å². The Morgan fingerprint density at radius 2 is 2.04 bits per heavy atom. The molecule has 2 aromatic heterocycles. The monoisotopic (exact) mass is 370 g/mol. The van der Waals surface area contributed by atoms with Gasteiger partial charge in [0, 0.05) is 32.3 Å². The Morgan fingerprint density at radius 3 is 2.89 bits per heavy atom. The van der Waals surface area contributed by atoms with E-state index in [1.807, 2.05) is 24.4 Å². The first-order chi connectivity index (χ1) is 13.4. The van der Waals surface area contributed by atoms with Gasteiger partial charge in [0.25, 0.3) is 0 Å². The summed E-state index contributed by atoms with van der Waals surface area (Å²) in [5, 5.41) is 15.3. The summed E-state index contributed by atoms with van der Waals surface area (Å²) in [7, 11) is 0. The number of rotatable bonds is 9. The molecule has 0 aromatic carbocycles. The van der Waals surface area contributed by atoms with Gasteiger partial charge in [-0.3, -0.25) is 9.39 Å². The Kier molecular flexibility index (Phi) is 7.93. The van der Waals surface area contributed by atoms with E-state index in [0.29, 0.717) is 0 Å². The lowest BCUT2D eigenvalue weighted by molar-refractivity contribution is 0.332. The van der Waals surface area contributed by atoms with E-state index in [-0.39, 0.29) is 0 Å². The van der Waals surface area contributed by atoms with E-state index in [1.54, 1.807) is 0 Å². The van der Waals surface area contributed by atoms with Crippen LogP contribution in [0.4, 0.5) is 0 Å². The van der Waals surface area contributed by atoms with Crippen LogP contribution in [0.3, 0.4) is 0 Å². The number of pyridine rings is 1. The highest BCUT2D eigenvalue weighted by Crippen LogP contribution is 2.26. The number of fused-ring (bicyclic) bond motifs is 1. The molecular formula is C21H34N6. The second-order valence-corrected chi connectivity index (χ2v) is 7.48. The average molecular weight is 371 g/mol. The quantitative estimate of drug-likeness (QED) is 0.402. The zero-order valence-corrected chi connectivity index (χ0v) is 16.7. The minimum Gasteiger partial charge on any atom is -0.357 e. The first kappa shape index (κ1) is 19.6. The predicted molar refractivity (Wildman–Crippen MR) is 111 cm³/mol. The fraction of sp³-hybridized carbons (Fsp3) is 0.667. The minimum absolute atomic E-state index is 0.791. The van der Waals surface area contributed by atoms with Crippen LogP contribution in [0, 0.1) is 5.92 Å². The maximum Gasteiger partial charge on any atom is 0.191 e. The van der Waals surface area contributed by atoms with Gasteiger partial charge >= 0.3 is 0 Å². The molecule has 1 saturated carbocycles. The molecule has 0 amide bonds. The van der Waals surface area contributed by atoms with E-state index in [2.05, 4.69) is 32.2 Å². The molecular weight excluding hydrogens is 336 g/mol. The van der Waals surface area contributed by atoms with Crippen LogP contribution in [0.1, 0.15) is 64.1 Å². The van der Waals surface area contributed by atoms with E-state index in [0.717, 1.165) is 55.8 Å². The maximum atomic E-state index is 4.71. The highest BCUT2D eigenvalue weighted by Gasteiger charge is 2.12. The summed E-state index contributed by atoms with van der Waals surface area (Å²) in [4.78, 5) is 4.71. The van der Waals surface area contributed by atoms with Crippen LogP contribution in [-0.2, 0) is 6.42 Å². The van der Waals surface area contributed by atoms with Crippen LogP contribution in [-0.4, -0.2) is 40.2 Å². The van der Waals surface area contributed by atoms with Crippen molar-refractivity contribution < 1.29 is 0 Å². The number of aryl methyl sites for hydroxylation is 1. The van der Waals surface area contributed by atoms with E-state index in [9.17, 15) is 0 Å². The largest absolute Gasteiger partial charge is 0.357 e. The van der Waals surface area contributed by atoms with Gasteiger partial charge in [0.05, 0.1) is 0 Å². The van der Waals surface area contributed by atoms with Gasteiger partial charge in [0.1, 0.15) is 5.82 Å². The third-order valence-electron chi connectivity index (χ3n) is 5.36. The standard InChI is InChI=1S/C21H34N6/c1-2-22-21(23-15-8-12-18-10-4-3-5-11-18)24-16-9-14-20-26-25-19-13-6-7-17-27(19)20/h6-7,13,17-18H,2-5,8-12,14-16H2,1H3,(H2,22,23,24). The number of hydrogen-bond acceptors (Lipinski definition) is 3. The second-order valence-electron chi connectivity index (χ2n) is 7.48. The van der Waals surface area contributed by atoms with Gasteiger partial charge in [-0.2, -0.15) is 0 Å². The lowest BCUT2D eigenvalue weighted by Gasteiger charge is -2.21. The molecule has 148 valence electrons. The van der Waals surface area contributed by atoms with Crippen molar-refractivity contribution in [3.63, 3.8) is 0 Å². The van der Waals surface area contributed by atoms with Crippen LogP contribution in [0.5, 0.6) is 0 Å². The van der Waals surface area contributed by atoms with E-state index >= 15 is 0 Å². The van der Waals surface area contributed by atoms with Crippen LogP contribution in [0.25, 0.3) is 5.65 Å². The maximum absolute atomic E-state index is 4.71. The number of nitrogens with one attached hydrogen (secondary N) is 2. The summed E-state index contributed by atoms with van der Waals surface area (Å²) >= 11 is 0. The van der Waals surface area contributed by atoms with Crippen molar-refractivity contribution in [1.29, 1.82) is 0 Å². The molecule has 0 saturated heterocycles. The molecule has 0 bridgehead atoms. The number of hydrogen-bond donors (Lipinski definition) is 2. The molecule has 1 aliphatic rings. The first-order valence-corrected chi connectivity index (χ1v) is 10.7. The molecule has 2 heterocycles. The number of guanidine groups is 1. The van der Waals surface area contributed by atoms with Gasteiger partial charge in [0.2, 0.25) is 0 Å². The number of aliphatic imine (C=N–C) groups is 1. The molecule has 6 heteroatoms. The SMILES string of the molecule is CCNC(=NCCCc1nnc2ccccn12)NCCCC1CCCCC1. The third-order valence-corrected chi connectivity index (χ3v) is 5.36. The lowest BCUT2D eigenvalue weighted by Crippen LogP contribution is -2.38. The zero-order valence-electron chi connectivity index (χ0n) is 16.7. The molecule has 0 aliphatic heterocycles. The Balaban J connectivity index is 1.37. The zero-order chi connectivity index (χ0) is 18.7. The Labute approximate surface area is 162 Å². The number of aromatic nitrogens is 3. The summed E-state index contributed by atoms with van der Waals surface area (Å²) < 4.78 is 2.05. The van der Waals surface area contributed by atoms with E-state index in [4.69, 9.17) is 4.99 Å². The highest BCUT2D eigenvalue weighted by atomic mass is 15.2. The average Bonchev–Trinajstić information content (AvgIpc) is 3.12. The molecule has 2 aromatic rings. The van der Waals surface area contributed by atoms with Crippen LogP contribution in [0.15, 0.2) is 29.4 Å². The van der Waals surface area contributed by atoms with Gasteiger partial charge in [-0.25, -0.2) is 0 Å². The van der Waals surface area contributed by atoms with Crippen molar-refractivity contribution in [3.05, 3.63) is 30.2 Å². The molecule has 0 spiro atoms. The number of nitrogens with zero attached hydrogens (tertiary/aromatic N) is 4. The lowest BCUT2D eigenvalue weighted by atomic mass is 9.86. The highest BCUT2D eigenvalue weighted by molar-refractivity contribution is 5.79. The Bertz CT molecular complexity index is 702. The molecule has 1 aliphatic carbocycles. The summed E-state index contributed by atoms with van der Waals surface area (Å²) in [5.74, 6) is 2.90. The second kappa shape index (κ2) is 10.9. The molecule has 6 nitrogen and oxygen atoms in total. The molecule has 0 radical (unpaired) electrons. The van der Waals surface area contributed by atoms with Crippen LogP contribution >= 0.6 is 0 Å². The smallest absolute Gasteiger partial charge is 0.191 e. The molecule has 3 rings (SSSR count). The van der Waals surface area contributed by atoms with Crippen molar-refractivity contribution in [2.75, 3.05) is 19.6 Å². The normalized spacial score (nSPS) is 16.0. The molecule has 1 fully saturated rings. The summed E-state index contributed by atoms with van der Waals surface area (Å²) in [6, 6.07) is 5.98. The molecule has 0 unspecified atom stereocenters. The predicted octanol–water partition coefficient (Wildman–Crippen LogP) is 3.58. The molecule has 27 heavy (non-hydrogen) atoms. The minimum atomic E-state index is 0.791. The fourth-order valence-corrected chi connectivity index (χ4v) is 3.90. The van der Waals surface area contributed by atoms with Crippen molar-refractivity contribution in [3.8, 4) is 0 Å². The van der Waals surface area contributed by atoms with E-state index < -0.39 is 0 Å². The Morgan fingerprint density at radius 1 is 1.15 bits per heavy atom. The topological polar surface area (TPSA) is 66.6 Å². The van der Waals surface area contributed by atoms with Gasteiger partial charge in [-0.05, 0) is 44.2 Å². The van der Waals surface area contributed by atoms with Crippen LogP contribution < -0.4 is 10.6 Å². The van der Waals surface area contributed by atoms with E-state index in [1.165, 1.54) is 44.9 Å². The van der Waals surface area contributed by atoms with Crippen molar-refractivity contribution in [1.82, 2.24) is 25.2 Å². The van der Waals surface area contributed by atoms with Gasteiger partial charge < -0.3 is 10.6 Å². The summed E-state index contributed by atoms with van der Waals surface area (Å²) in [5.41, 5.74) is 0.906. The summed E-state index contributed by atoms with van der Waals surface area (Å²) in [6.45, 7) is 4.81.